The van der Waals surface area contributed by atoms with Crippen LogP contribution in [0.5, 0.6) is 0 Å². The second-order valence-electron chi connectivity index (χ2n) is 6.61. The minimum Gasteiger partial charge on any atom is -0.412 e. The fraction of sp³-hybridized carbons (Fsp3) is 0.421. The molecule has 1 aromatic heterocycles. The molecule has 5 atom stereocenters. The SMILES string of the molecule is C=CC1CN2CCC1CC2C(O)c1ccnc2ccccc12.Cl.O. The van der Waals surface area contributed by atoms with Gasteiger partial charge in [-0.2, -0.15) is 0 Å². The van der Waals surface area contributed by atoms with Crippen molar-refractivity contribution in [2.75, 3.05) is 13.1 Å². The average Bonchev–Trinajstić information content (AvgIpc) is 2.60. The third kappa shape index (κ3) is 3.07. The molecule has 3 aliphatic heterocycles. The molecule has 0 radical (unpaired) electrons. The van der Waals surface area contributed by atoms with Gasteiger partial charge in [-0.3, -0.25) is 9.88 Å². The van der Waals surface area contributed by atoms with Crippen molar-refractivity contribution in [3.63, 3.8) is 0 Å². The highest BCUT2D eigenvalue weighted by Crippen LogP contribution is 2.41. The van der Waals surface area contributed by atoms with E-state index >= 15 is 0 Å². The predicted octanol–water partition coefficient (Wildman–Crippen LogP) is 2.76. The summed E-state index contributed by atoms with van der Waals surface area (Å²) in [5.41, 5.74) is 1.97. The molecule has 5 rings (SSSR count). The van der Waals surface area contributed by atoms with Crippen molar-refractivity contribution in [3.8, 4) is 0 Å². The van der Waals surface area contributed by atoms with Crippen molar-refractivity contribution >= 4 is 23.3 Å². The number of fused-ring (bicyclic) bond motifs is 4. The van der Waals surface area contributed by atoms with Crippen molar-refractivity contribution in [2.24, 2.45) is 11.8 Å². The Labute approximate surface area is 148 Å². The zero-order valence-corrected chi connectivity index (χ0v) is 14.5. The van der Waals surface area contributed by atoms with E-state index in [0.717, 1.165) is 36.0 Å². The van der Waals surface area contributed by atoms with E-state index in [2.05, 4.69) is 28.6 Å². The van der Waals surface area contributed by atoms with Gasteiger partial charge in [0.05, 0.1) is 11.6 Å². The standard InChI is InChI=1S/C19H22N2O.ClH.H2O/c1-2-13-12-21-10-8-14(13)11-18(21)19(22)16-7-9-20-17-6-4-3-5-15(16)17;;/h2-7,9,13-14,18-19,22H,1,8,10-12H2;1H;1H2. The van der Waals surface area contributed by atoms with E-state index in [0.29, 0.717) is 11.8 Å². The van der Waals surface area contributed by atoms with Gasteiger partial charge in [0.2, 0.25) is 0 Å². The molecule has 0 saturated carbocycles. The van der Waals surface area contributed by atoms with Crippen LogP contribution >= 0.6 is 12.4 Å². The summed E-state index contributed by atoms with van der Waals surface area (Å²) in [7, 11) is 0. The molecule has 3 fully saturated rings. The number of nitrogens with zero attached hydrogens (tertiary/aromatic N) is 2. The van der Waals surface area contributed by atoms with E-state index in [-0.39, 0.29) is 23.9 Å². The first kappa shape index (κ1) is 18.9. The molecule has 3 aliphatic rings. The number of piperidine rings is 3. The van der Waals surface area contributed by atoms with Crippen LogP contribution in [0.2, 0.25) is 0 Å². The molecule has 5 unspecified atom stereocenters. The van der Waals surface area contributed by atoms with Crippen LogP contribution in [0.4, 0.5) is 0 Å². The maximum Gasteiger partial charge on any atom is 0.0952 e. The van der Waals surface area contributed by atoms with Crippen molar-refractivity contribution in [1.82, 2.24) is 9.88 Å². The first-order chi connectivity index (χ1) is 10.8. The lowest BCUT2D eigenvalue weighted by Crippen LogP contribution is -2.54. The lowest BCUT2D eigenvalue weighted by atomic mass is 9.73. The number of halogens is 1. The number of pyridine rings is 1. The second kappa shape index (κ2) is 7.62. The molecule has 2 bridgehead atoms. The van der Waals surface area contributed by atoms with Crippen molar-refractivity contribution < 1.29 is 10.6 Å². The fourth-order valence-electron chi connectivity index (χ4n) is 4.29. The van der Waals surface area contributed by atoms with Crippen LogP contribution in [0.25, 0.3) is 10.9 Å². The zero-order valence-electron chi connectivity index (χ0n) is 13.6. The summed E-state index contributed by atoms with van der Waals surface area (Å²) < 4.78 is 0. The molecule has 0 spiro atoms. The number of rotatable bonds is 3. The molecule has 0 amide bonds. The minimum absolute atomic E-state index is 0. The minimum atomic E-state index is -0.443. The predicted molar refractivity (Wildman–Crippen MR) is 99.3 cm³/mol. The number of para-hydroxylation sites is 1. The Hall–Kier alpha value is -1.46. The summed E-state index contributed by atoms with van der Waals surface area (Å²) >= 11 is 0. The highest BCUT2D eigenvalue weighted by molar-refractivity contribution is 5.85. The summed E-state index contributed by atoms with van der Waals surface area (Å²) in [6.45, 7) is 6.11. The number of hydrogen-bond donors (Lipinski definition) is 1. The molecule has 4 nitrogen and oxygen atoms in total. The topological polar surface area (TPSA) is 67.9 Å². The summed E-state index contributed by atoms with van der Waals surface area (Å²) in [5, 5.41) is 12.1. The quantitative estimate of drug-likeness (QED) is 0.867. The van der Waals surface area contributed by atoms with Crippen molar-refractivity contribution in [2.45, 2.75) is 25.0 Å². The molecule has 0 aliphatic carbocycles. The van der Waals surface area contributed by atoms with Crippen molar-refractivity contribution in [3.05, 3.63) is 54.7 Å². The highest BCUT2D eigenvalue weighted by atomic mass is 35.5. The Morgan fingerprint density at radius 3 is 2.79 bits per heavy atom. The van der Waals surface area contributed by atoms with Crippen LogP contribution in [0.15, 0.2) is 49.2 Å². The van der Waals surface area contributed by atoms with Crippen LogP contribution in [-0.4, -0.2) is 39.6 Å². The maximum atomic E-state index is 11.0. The number of aromatic nitrogens is 1. The Balaban J connectivity index is 0.00000104. The first-order valence-corrected chi connectivity index (χ1v) is 8.16. The molecule has 3 saturated heterocycles. The number of aliphatic hydroxyl groups is 1. The van der Waals surface area contributed by atoms with Crippen LogP contribution in [0, 0.1) is 11.8 Å². The van der Waals surface area contributed by atoms with Gasteiger partial charge in [-0.1, -0.05) is 24.3 Å². The van der Waals surface area contributed by atoms with Crippen molar-refractivity contribution in [1.29, 1.82) is 0 Å². The van der Waals surface area contributed by atoms with Gasteiger partial charge in [0.15, 0.2) is 0 Å². The monoisotopic (exact) mass is 348 g/mol. The van der Waals surface area contributed by atoms with E-state index in [1.165, 1.54) is 6.42 Å². The normalized spacial score (nSPS) is 29.4. The van der Waals surface area contributed by atoms with E-state index in [4.69, 9.17) is 0 Å². The summed E-state index contributed by atoms with van der Waals surface area (Å²) in [6, 6.07) is 10.3. The van der Waals surface area contributed by atoms with Crippen LogP contribution in [-0.2, 0) is 0 Å². The molecular formula is C19H25ClN2O2. The second-order valence-corrected chi connectivity index (χ2v) is 6.61. The highest BCUT2D eigenvalue weighted by Gasteiger charge is 2.42. The van der Waals surface area contributed by atoms with Crippen LogP contribution in [0.3, 0.4) is 0 Å². The van der Waals surface area contributed by atoms with Gasteiger partial charge in [-0.05, 0) is 48.9 Å². The van der Waals surface area contributed by atoms with Gasteiger partial charge in [-0.25, -0.2) is 0 Å². The zero-order chi connectivity index (χ0) is 15.1. The third-order valence-electron chi connectivity index (χ3n) is 5.52. The van der Waals surface area contributed by atoms with Crippen LogP contribution in [0.1, 0.15) is 24.5 Å². The Kier molecular flexibility index (Phi) is 5.99. The Morgan fingerprint density at radius 1 is 1.29 bits per heavy atom. The molecule has 3 N–H and O–H groups in total. The molecule has 1 aromatic carbocycles. The van der Waals surface area contributed by atoms with Crippen LogP contribution < -0.4 is 0 Å². The average molecular weight is 349 g/mol. The van der Waals surface area contributed by atoms with E-state index in [1.807, 2.05) is 30.5 Å². The number of hydrogen-bond acceptors (Lipinski definition) is 3. The molecule has 5 heteroatoms. The summed E-state index contributed by atoms with van der Waals surface area (Å²) in [4.78, 5) is 6.86. The smallest absolute Gasteiger partial charge is 0.0952 e. The maximum absolute atomic E-state index is 11.0. The van der Waals surface area contributed by atoms with Gasteiger partial charge in [-0.15, -0.1) is 19.0 Å². The molecule has 130 valence electrons. The number of benzene rings is 1. The van der Waals surface area contributed by atoms with Gasteiger partial charge in [0, 0.05) is 24.2 Å². The van der Waals surface area contributed by atoms with E-state index < -0.39 is 6.10 Å². The summed E-state index contributed by atoms with van der Waals surface area (Å²) in [5.74, 6) is 1.27. The third-order valence-corrected chi connectivity index (χ3v) is 5.52. The van der Waals surface area contributed by atoms with Gasteiger partial charge < -0.3 is 10.6 Å². The first-order valence-electron chi connectivity index (χ1n) is 8.16. The lowest BCUT2D eigenvalue weighted by molar-refractivity contribution is -0.0444. The van der Waals surface area contributed by atoms with Gasteiger partial charge >= 0.3 is 0 Å². The lowest BCUT2D eigenvalue weighted by Gasteiger charge is -2.50. The van der Waals surface area contributed by atoms with E-state index in [9.17, 15) is 5.11 Å². The van der Waals surface area contributed by atoms with Gasteiger partial charge in [0.25, 0.3) is 0 Å². The molecular weight excluding hydrogens is 324 g/mol. The molecule has 2 aromatic rings. The van der Waals surface area contributed by atoms with Gasteiger partial charge in [0.1, 0.15) is 0 Å². The fourth-order valence-corrected chi connectivity index (χ4v) is 4.29. The summed E-state index contributed by atoms with van der Waals surface area (Å²) in [6.07, 6.45) is 5.76. The Bertz CT molecular complexity index is 703. The Morgan fingerprint density at radius 2 is 2.08 bits per heavy atom. The molecule has 24 heavy (non-hydrogen) atoms. The largest absolute Gasteiger partial charge is 0.412 e. The number of aliphatic hydroxyl groups excluding tert-OH is 1. The molecule has 4 heterocycles. The van der Waals surface area contributed by atoms with E-state index in [1.54, 1.807) is 0 Å².